The van der Waals surface area contributed by atoms with Crippen molar-refractivity contribution in [2.45, 2.75) is 6.54 Å². The number of fused-ring (bicyclic) bond motifs is 1. The largest absolute Gasteiger partial charge is 0.364 e. The Bertz CT molecular complexity index is 981. The Labute approximate surface area is 144 Å². The quantitative estimate of drug-likeness (QED) is 0.611. The van der Waals surface area contributed by atoms with Crippen LogP contribution in [0, 0.1) is 0 Å². The van der Waals surface area contributed by atoms with Gasteiger partial charge in [-0.1, -0.05) is 35.9 Å². The average Bonchev–Trinajstić information content (AvgIpc) is 3.06. The summed E-state index contributed by atoms with van der Waals surface area (Å²) in [4.78, 5) is 8.77. The molecule has 0 unspecified atom stereocenters. The molecule has 0 bridgehead atoms. The van der Waals surface area contributed by atoms with Crippen molar-refractivity contribution < 1.29 is 0 Å². The van der Waals surface area contributed by atoms with Crippen LogP contribution in [0.3, 0.4) is 0 Å². The van der Waals surface area contributed by atoms with Crippen LogP contribution < -0.4 is 5.32 Å². The van der Waals surface area contributed by atoms with E-state index in [-0.39, 0.29) is 0 Å². The lowest BCUT2D eigenvalue weighted by atomic mass is 10.1. The third-order valence-electron chi connectivity index (χ3n) is 3.74. The molecule has 4 aromatic rings. The standard InChI is InChI=1S/C18H14ClN5/c19-16-7-2-1-6-14(16)15-12-23-24-17(8-10-21-18(15)24)22-11-13-5-3-4-9-20-13/h1-10,12,22H,11H2. The van der Waals surface area contributed by atoms with Gasteiger partial charge >= 0.3 is 0 Å². The molecule has 3 heterocycles. The molecule has 118 valence electrons. The second-order valence-electron chi connectivity index (χ2n) is 5.28. The number of nitrogens with one attached hydrogen (secondary N) is 1. The zero-order valence-corrected chi connectivity index (χ0v) is 13.5. The number of pyridine rings is 1. The van der Waals surface area contributed by atoms with Crippen molar-refractivity contribution in [3.8, 4) is 11.1 Å². The summed E-state index contributed by atoms with van der Waals surface area (Å²) in [5.74, 6) is 0.851. The second-order valence-corrected chi connectivity index (χ2v) is 5.69. The van der Waals surface area contributed by atoms with Gasteiger partial charge in [-0.05, 0) is 24.3 Å². The first-order valence-corrected chi connectivity index (χ1v) is 7.92. The molecule has 1 aromatic carbocycles. The summed E-state index contributed by atoms with van der Waals surface area (Å²) >= 11 is 6.31. The van der Waals surface area contributed by atoms with Crippen LogP contribution in [0.25, 0.3) is 16.8 Å². The van der Waals surface area contributed by atoms with Crippen LogP contribution in [0.5, 0.6) is 0 Å². The fourth-order valence-corrected chi connectivity index (χ4v) is 2.82. The molecule has 0 spiro atoms. The molecule has 0 saturated carbocycles. The predicted molar refractivity (Wildman–Crippen MR) is 95.0 cm³/mol. The molecule has 5 nitrogen and oxygen atoms in total. The Morgan fingerprint density at radius 1 is 0.917 bits per heavy atom. The number of hydrogen-bond acceptors (Lipinski definition) is 4. The van der Waals surface area contributed by atoms with Gasteiger partial charge in [0.15, 0.2) is 5.65 Å². The number of benzene rings is 1. The van der Waals surface area contributed by atoms with Gasteiger partial charge in [0.05, 0.1) is 18.4 Å². The third-order valence-corrected chi connectivity index (χ3v) is 4.07. The summed E-state index contributed by atoms with van der Waals surface area (Å²) in [6.45, 7) is 0.612. The predicted octanol–water partition coefficient (Wildman–Crippen LogP) is 4.06. The van der Waals surface area contributed by atoms with Crippen LogP contribution in [-0.4, -0.2) is 19.6 Å². The van der Waals surface area contributed by atoms with Crippen molar-refractivity contribution in [1.29, 1.82) is 0 Å². The van der Waals surface area contributed by atoms with Gasteiger partial charge in [-0.2, -0.15) is 9.61 Å². The molecular formula is C18H14ClN5. The molecule has 0 atom stereocenters. The van der Waals surface area contributed by atoms with E-state index in [4.69, 9.17) is 11.6 Å². The summed E-state index contributed by atoms with van der Waals surface area (Å²) in [7, 11) is 0. The molecule has 0 amide bonds. The monoisotopic (exact) mass is 335 g/mol. The van der Waals surface area contributed by atoms with E-state index >= 15 is 0 Å². The SMILES string of the molecule is Clc1ccccc1-c1cnn2c(NCc3ccccn3)ccnc12. The minimum absolute atomic E-state index is 0.612. The highest BCUT2D eigenvalue weighted by atomic mass is 35.5. The molecule has 0 aliphatic heterocycles. The van der Waals surface area contributed by atoms with Crippen molar-refractivity contribution in [3.05, 3.63) is 77.8 Å². The molecule has 24 heavy (non-hydrogen) atoms. The van der Waals surface area contributed by atoms with Gasteiger partial charge in [-0.3, -0.25) is 4.98 Å². The van der Waals surface area contributed by atoms with E-state index in [1.165, 1.54) is 0 Å². The van der Waals surface area contributed by atoms with Crippen LogP contribution in [-0.2, 0) is 6.54 Å². The maximum atomic E-state index is 6.31. The lowest BCUT2D eigenvalue weighted by molar-refractivity contribution is 0.917. The number of aromatic nitrogens is 4. The minimum atomic E-state index is 0.612. The first kappa shape index (κ1) is 14.7. The van der Waals surface area contributed by atoms with Gasteiger partial charge in [-0.25, -0.2) is 4.98 Å². The van der Waals surface area contributed by atoms with E-state index in [1.54, 1.807) is 23.1 Å². The summed E-state index contributed by atoms with van der Waals surface area (Å²) < 4.78 is 1.78. The molecule has 1 N–H and O–H groups in total. The first-order valence-electron chi connectivity index (χ1n) is 7.54. The Balaban J connectivity index is 1.70. The molecule has 0 aliphatic rings. The van der Waals surface area contributed by atoms with E-state index in [2.05, 4.69) is 20.4 Å². The maximum Gasteiger partial charge on any atom is 0.165 e. The Hall–Kier alpha value is -2.92. The number of rotatable bonds is 4. The van der Waals surface area contributed by atoms with E-state index in [9.17, 15) is 0 Å². The van der Waals surface area contributed by atoms with Crippen molar-refractivity contribution in [2.24, 2.45) is 0 Å². The van der Waals surface area contributed by atoms with E-state index in [0.29, 0.717) is 11.6 Å². The molecule has 0 fully saturated rings. The van der Waals surface area contributed by atoms with Crippen molar-refractivity contribution in [1.82, 2.24) is 19.6 Å². The summed E-state index contributed by atoms with van der Waals surface area (Å²) in [6.07, 6.45) is 5.33. The minimum Gasteiger partial charge on any atom is -0.364 e. The van der Waals surface area contributed by atoms with E-state index < -0.39 is 0 Å². The van der Waals surface area contributed by atoms with E-state index in [0.717, 1.165) is 28.3 Å². The summed E-state index contributed by atoms with van der Waals surface area (Å²) in [6, 6.07) is 15.4. The lowest BCUT2D eigenvalue weighted by Gasteiger charge is -2.08. The number of halogens is 1. The Morgan fingerprint density at radius 2 is 1.79 bits per heavy atom. The topological polar surface area (TPSA) is 55.1 Å². The number of nitrogens with zero attached hydrogens (tertiary/aromatic N) is 4. The second kappa shape index (κ2) is 6.29. The van der Waals surface area contributed by atoms with Crippen molar-refractivity contribution in [2.75, 3.05) is 5.32 Å². The first-order chi connectivity index (χ1) is 11.8. The van der Waals surface area contributed by atoms with Gasteiger partial charge in [-0.15, -0.1) is 0 Å². The summed E-state index contributed by atoms with van der Waals surface area (Å²) in [5.41, 5.74) is 3.54. The van der Waals surface area contributed by atoms with Crippen molar-refractivity contribution in [3.63, 3.8) is 0 Å². The highest BCUT2D eigenvalue weighted by Crippen LogP contribution is 2.30. The Kier molecular flexibility index (Phi) is 3.84. The zero-order valence-electron chi connectivity index (χ0n) is 12.7. The van der Waals surface area contributed by atoms with Crippen LogP contribution in [0.4, 0.5) is 5.82 Å². The molecular weight excluding hydrogens is 322 g/mol. The van der Waals surface area contributed by atoms with Crippen LogP contribution in [0.1, 0.15) is 5.69 Å². The van der Waals surface area contributed by atoms with E-state index in [1.807, 2.05) is 48.5 Å². The number of hydrogen-bond donors (Lipinski definition) is 1. The van der Waals surface area contributed by atoms with Gasteiger partial charge in [0.1, 0.15) is 5.82 Å². The highest BCUT2D eigenvalue weighted by molar-refractivity contribution is 6.33. The highest BCUT2D eigenvalue weighted by Gasteiger charge is 2.12. The van der Waals surface area contributed by atoms with Crippen LogP contribution >= 0.6 is 11.6 Å². The summed E-state index contributed by atoms with van der Waals surface area (Å²) in [5, 5.41) is 8.49. The fraction of sp³-hybridized carbons (Fsp3) is 0.0556. The van der Waals surface area contributed by atoms with Gasteiger partial charge < -0.3 is 5.32 Å². The molecule has 0 radical (unpaired) electrons. The smallest absolute Gasteiger partial charge is 0.165 e. The fourth-order valence-electron chi connectivity index (χ4n) is 2.58. The molecule has 3 aromatic heterocycles. The third kappa shape index (κ3) is 2.70. The van der Waals surface area contributed by atoms with Crippen molar-refractivity contribution >= 4 is 23.1 Å². The lowest BCUT2D eigenvalue weighted by Crippen LogP contribution is -2.06. The maximum absolute atomic E-state index is 6.31. The normalized spacial score (nSPS) is 10.9. The molecule has 0 aliphatic carbocycles. The van der Waals surface area contributed by atoms with Gasteiger partial charge in [0, 0.05) is 28.5 Å². The molecule has 6 heteroatoms. The van der Waals surface area contributed by atoms with Gasteiger partial charge in [0.2, 0.25) is 0 Å². The molecule has 4 rings (SSSR count). The van der Waals surface area contributed by atoms with Gasteiger partial charge in [0.25, 0.3) is 0 Å². The number of anilines is 1. The average molecular weight is 336 g/mol. The Morgan fingerprint density at radius 3 is 2.62 bits per heavy atom. The molecule has 0 saturated heterocycles. The zero-order chi connectivity index (χ0) is 16.4. The van der Waals surface area contributed by atoms with Crippen LogP contribution in [0.15, 0.2) is 67.1 Å². The van der Waals surface area contributed by atoms with Crippen LogP contribution in [0.2, 0.25) is 5.02 Å².